The van der Waals surface area contributed by atoms with Crippen molar-refractivity contribution in [2.24, 2.45) is 11.3 Å². The zero-order chi connectivity index (χ0) is 17.6. The molecule has 0 aromatic heterocycles. The van der Waals surface area contributed by atoms with Crippen molar-refractivity contribution in [2.45, 2.75) is 33.6 Å². The number of hydrogen-bond acceptors (Lipinski definition) is 3. The van der Waals surface area contributed by atoms with Crippen LogP contribution >= 0.6 is 0 Å². The molecule has 1 fully saturated rings. The molecule has 0 aliphatic heterocycles. The number of Topliss-reactive ketones (excluding diaryl/α,β-unsaturated/α-hetero) is 1. The molecule has 0 radical (unpaired) electrons. The van der Waals surface area contributed by atoms with Gasteiger partial charge in [0.25, 0.3) is 0 Å². The molecule has 1 aliphatic carbocycles. The zero-order valence-corrected chi connectivity index (χ0v) is 15.8. The van der Waals surface area contributed by atoms with Crippen LogP contribution in [0.3, 0.4) is 0 Å². The lowest BCUT2D eigenvalue weighted by Crippen LogP contribution is -2.29. The van der Waals surface area contributed by atoms with Crippen LogP contribution in [0.15, 0.2) is 47.9 Å². The molecule has 0 spiro atoms. The highest BCUT2D eigenvalue weighted by atomic mass is 16.1. The first-order chi connectivity index (χ1) is 10.6. The number of ketones is 1. The van der Waals surface area contributed by atoms with Crippen molar-refractivity contribution >= 4 is 5.78 Å². The van der Waals surface area contributed by atoms with Crippen molar-refractivity contribution in [3.63, 3.8) is 0 Å². The van der Waals surface area contributed by atoms with Gasteiger partial charge in [0, 0.05) is 39.3 Å². The topological polar surface area (TPSA) is 23.6 Å². The van der Waals surface area contributed by atoms with E-state index in [2.05, 4.69) is 20.8 Å². The standard InChI is InChI=1S/C20H32N2O/c1-20(2,3)18-14-16(10-8-12-21(4)5)19(23)17(15-18)11-9-13-22(6)7/h8-13,18H,14-15H2,1-7H3/b12-8+,13-9+,16-10+,17-11+. The Bertz CT molecular complexity index is 488. The van der Waals surface area contributed by atoms with Crippen molar-refractivity contribution in [3.05, 3.63) is 47.9 Å². The van der Waals surface area contributed by atoms with Crippen LogP contribution in [0.25, 0.3) is 0 Å². The van der Waals surface area contributed by atoms with Crippen LogP contribution in [-0.4, -0.2) is 43.8 Å². The third-order valence-corrected chi connectivity index (χ3v) is 4.10. The lowest BCUT2D eigenvalue weighted by molar-refractivity contribution is -0.113. The molecule has 1 saturated carbocycles. The first kappa shape index (κ1) is 19.3. The molecule has 0 heterocycles. The Morgan fingerprint density at radius 2 is 1.26 bits per heavy atom. The molecule has 3 heteroatoms. The van der Waals surface area contributed by atoms with Crippen LogP contribution in [-0.2, 0) is 4.79 Å². The highest BCUT2D eigenvalue weighted by Gasteiger charge is 2.33. The van der Waals surface area contributed by atoms with Crippen LogP contribution in [0.5, 0.6) is 0 Å². The fraction of sp³-hybridized carbons (Fsp3) is 0.550. The summed E-state index contributed by atoms with van der Waals surface area (Å²) in [4.78, 5) is 16.7. The second-order valence-electron chi connectivity index (χ2n) is 7.79. The minimum absolute atomic E-state index is 0.190. The SMILES string of the molecule is CN(C)/C=C/C=C1\CC(C(C)(C)C)C/C(=C\C=C\N(C)C)C1=O. The van der Waals surface area contributed by atoms with Gasteiger partial charge in [0.2, 0.25) is 0 Å². The van der Waals surface area contributed by atoms with Gasteiger partial charge >= 0.3 is 0 Å². The van der Waals surface area contributed by atoms with E-state index in [4.69, 9.17) is 0 Å². The summed E-state index contributed by atoms with van der Waals surface area (Å²) in [7, 11) is 7.92. The largest absolute Gasteiger partial charge is 0.383 e. The fourth-order valence-electron chi connectivity index (χ4n) is 2.56. The lowest BCUT2D eigenvalue weighted by atomic mass is 9.69. The average molecular weight is 316 g/mol. The number of rotatable bonds is 4. The second-order valence-corrected chi connectivity index (χ2v) is 7.79. The van der Waals surface area contributed by atoms with Crippen molar-refractivity contribution in [1.29, 1.82) is 0 Å². The van der Waals surface area contributed by atoms with Crippen LogP contribution in [0.1, 0.15) is 33.6 Å². The van der Waals surface area contributed by atoms with Gasteiger partial charge in [0.05, 0.1) is 0 Å². The van der Waals surface area contributed by atoms with E-state index >= 15 is 0 Å². The van der Waals surface area contributed by atoms with Gasteiger partial charge in [0.15, 0.2) is 5.78 Å². The van der Waals surface area contributed by atoms with Gasteiger partial charge in [-0.1, -0.05) is 32.9 Å². The van der Waals surface area contributed by atoms with Crippen molar-refractivity contribution < 1.29 is 4.79 Å². The number of allylic oxidation sites excluding steroid dienone is 6. The predicted octanol–water partition coefficient (Wildman–Crippen LogP) is 4.02. The Balaban J connectivity index is 3.09. The molecule has 0 N–H and O–H groups in total. The summed E-state index contributed by atoms with van der Waals surface area (Å²) in [5.74, 6) is 0.676. The highest BCUT2D eigenvalue weighted by Crippen LogP contribution is 2.40. The van der Waals surface area contributed by atoms with E-state index in [1.165, 1.54) is 0 Å². The number of nitrogens with zero attached hydrogens (tertiary/aromatic N) is 2. The summed E-state index contributed by atoms with van der Waals surface area (Å²) >= 11 is 0. The third-order valence-electron chi connectivity index (χ3n) is 4.10. The van der Waals surface area contributed by atoms with Gasteiger partial charge in [0.1, 0.15) is 0 Å². The molecule has 0 amide bonds. The van der Waals surface area contributed by atoms with Gasteiger partial charge in [-0.3, -0.25) is 4.79 Å². The molecule has 128 valence electrons. The normalized spacial score (nSPS) is 23.4. The Morgan fingerprint density at radius 3 is 1.57 bits per heavy atom. The maximum Gasteiger partial charge on any atom is 0.185 e. The van der Waals surface area contributed by atoms with Crippen LogP contribution in [0.2, 0.25) is 0 Å². The number of carbonyl (C=O) groups is 1. The minimum atomic E-state index is 0.190. The molecule has 0 saturated heterocycles. The molecule has 0 aromatic carbocycles. The fourth-order valence-corrected chi connectivity index (χ4v) is 2.56. The van der Waals surface area contributed by atoms with Crippen LogP contribution < -0.4 is 0 Å². The Kier molecular flexibility index (Phi) is 6.86. The summed E-state index contributed by atoms with van der Waals surface area (Å²) in [5.41, 5.74) is 2.02. The van der Waals surface area contributed by atoms with Crippen molar-refractivity contribution in [1.82, 2.24) is 9.80 Å². The highest BCUT2D eigenvalue weighted by molar-refractivity contribution is 6.09. The van der Waals surface area contributed by atoms with Gasteiger partial charge in [-0.25, -0.2) is 0 Å². The Morgan fingerprint density at radius 1 is 0.870 bits per heavy atom. The van der Waals surface area contributed by atoms with E-state index in [1.807, 2.05) is 74.7 Å². The summed E-state index contributed by atoms with van der Waals surface area (Å²) < 4.78 is 0. The second kappa shape index (κ2) is 8.19. The molecule has 1 rings (SSSR count). The van der Waals surface area contributed by atoms with E-state index < -0.39 is 0 Å². The molecule has 3 nitrogen and oxygen atoms in total. The van der Waals surface area contributed by atoms with E-state index in [1.54, 1.807) is 0 Å². The summed E-state index contributed by atoms with van der Waals surface area (Å²) in [6, 6.07) is 0. The maximum atomic E-state index is 12.7. The Hall–Kier alpha value is -1.77. The van der Waals surface area contributed by atoms with Gasteiger partial charge in [-0.05, 0) is 48.7 Å². The van der Waals surface area contributed by atoms with Gasteiger partial charge < -0.3 is 9.80 Å². The van der Waals surface area contributed by atoms with Gasteiger partial charge in [-0.2, -0.15) is 0 Å². The molecule has 1 aliphatic rings. The van der Waals surface area contributed by atoms with Crippen molar-refractivity contribution in [3.8, 4) is 0 Å². The molecular formula is C20H32N2O. The smallest absolute Gasteiger partial charge is 0.185 e. The summed E-state index contributed by atoms with van der Waals surface area (Å²) in [5, 5.41) is 0. The molecule has 0 atom stereocenters. The Labute approximate surface area is 142 Å². The average Bonchev–Trinajstić information content (AvgIpc) is 2.40. The van der Waals surface area contributed by atoms with Crippen LogP contribution in [0.4, 0.5) is 0 Å². The van der Waals surface area contributed by atoms with E-state index in [0.717, 1.165) is 24.0 Å². The first-order valence-electron chi connectivity index (χ1n) is 8.23. The van der Waals surface area contributed by atoms with E-state index in [-0.39, 0.29) is 11.2 Å². The summed E-state index contributed by atoms with van der Waals surface area (Å²) in [6.07, 6.45) is 13.5. The van der Waals surface area contributed by atoms with Gasteiger partial charge in [-0.15, -0.1) is 0 Å². The molecular weight excluding hydrogens is 284 g/mol. The van der Waals surface area contributed by atoms with E-state index in [9.17, 15) is 4.79 Å². The molecule has 23 heavy (non-hydrogen) atoms. The third kappa shape index (κ3) is 6.47. The molecule has 0 bridgehead atoms. The monoisotopic (exact) mass is 316 g/mol. The minimum Gasteiger partial charge on any atom is -0.383 e. The quantitative estimate of drug-likeness (QED) is 0.732. The summed E-state index contributed by atoms with van der Waals surface area (Å²) in [6.45, 7) is 6.77. The number of hydrogen-bond donors (Lipinski definition) is 0. The predicted molar refractivity (Wildman–Crippen MR) is 99.0 cm³/mol. The van der Waals surface area contributed by atoms with E-state index in [0.29, 0.717) is 5.92 Å². The molecule has 0 unspecified atom stereocenters. The number of carbonyl (C=O) groups excluding carboxylic acids is 1. The zero-order valence-electron chi connectivity index (χ0n) is 15.8. The van der Waals surface area contributed by atoms with Crippen molar-refractivity contribution in [2.75, 3.05) is 28.2 Å². The maximum absolute atomic E-state index is 12.7. The van der Waals surface area contributed by atoms with Crippen LogP contribution in [0, 0.1) is 11.3 Å². The first-order valence-corrected chi connectivity index (χ1v) is 8.23. The lowest BCUT2D eigenvalue weighted by Gasteiger charge is -2.35. The molecule has 0 aromatic rings.